The standard InChI is InChI=1S/C27H28N6O3/c1-3-4-9-23-22(26(34)32-17(2)10-15-24(27(35)36)33(23)32)16-18-11-13-19(14-12-18)20-7-5-6-8-21(20)25-28-30-31-29-25/h5-8,10-15,17,24H,3-4,9,16H2,1-2H3,(H,35,36)(H,28,29,30,31). The average Bonchev–Trinajstić information content (AvgIpc) is 3.51. The van der Waals surface area contributed by atoms with Crippen molar-refractivity contribution in [3.05, 3.63) is 87.9 Å². The van der Waals surface area contributed by atoms with Crippen LogP contribution in [0.25, 0.3) is 22.5 Å². The number of nitrogens with one attached hydrogen (secondary N) is 1. The third kappa shape index (κ3) is 4.17. The van der Waals surface area contributed by atoms with Crippen molar-refractivity contribution in [3.63, 3.8) is 0 Å². The summed E-state index contributed by atoms with van der Waals surface area (Å²) in [6, 6.07) is 14.9. The van der Waals surface area contributed by atoms with Crippen molar-refractivity contribution in [1.29, 1.82) is 0 Å². The predicted molar refractivity (Wildman–Crippen MR) is 136 cm³/mol. The highest BCUT2D eigenvalue weighted by atomic mass is 16.4. The smallest absolute Gasteiger partial charge is 0.332 e. The molecule has 2 atom stereocenters. The molecule has 3 heterocycles. The van der Waals surface area contributed by atoms with E-state index in [0.29, 0.717) is 24.2 Å². The van der Waals surface area contributed by atoms with E-state index in [0.717, 1.165) is 40.8 Å². The number of tetrazole rings is 1. The molecule has 184 valence electrons. The molecule has 1 aliphatic rings. The molecule has 9 nitrogen and oxygen atoms in total. The number of aliphatic carboxylic acids is 1. The highest BCUT2D eigenvalue weighted by Crippen LogP contribution is 2.31. The maximum Gasteiger partial charge on any atom is 0.332 e. The lowest BCUT2D eigenvalue weighted by Crippen LogP contribution is -2.34. The van der Waals surface area contributed by atoms with Gasteiger partial charge in [0.25, 0.3) is 5.56 Å². The van der Waals surface area contributed by atoms with E-state index in [4.69, 9.17) is 0 Å². The van der Waals surface area contributed by atoms with Crippen molar-refractivity contribution in [3.8, 4) is 22.5 Å². The van der Waals surface area contributed by atoms with Crippen LogP contribution in [0.3, 0.4) is 0 Å². The minimum Gasteiger partial charge on any atom is -0.479 e. The molecule has 2 unspecified atom stereocenters. The highest BCUT2D eigenvalue weighted by molar-refractivity contribution is 5.80. The van der Waals surface area contributed by atoms with Crippen LogP contribution in [0.1, 0.15) is 55.6 Å². The number of aromatic amines is 1. The van der Waals surface area contributed by atoms with Gasteiger partial charge in [-0.3, -0.25) is 9.48 Å². The number of hydrogen-bond donors (Lipinski definition) is 2. The van der Waals surface area contributed by atoms with E-state index in [9.17, 15) is 14.7 Å². The second-order valence-corrected chi connectivity index (χ2v) is 9.09. The summed E-state index contributed by atoms with van der Waals surface area (Å²) in [6.45, 7) is 4.00. The Morgan fingerprint density at radius 2 is 1.81 bits per heavy atom. The molecule has 0 saturated carbocycles. The number of carbonyl (C=O) groups is 1. The van der Waals surface area contributed by atoms with E-state index in [1.807, 2.05) is 55.5 Å². The Morgan fingerprint density at radius 3 is 2.47 bits per heavy atom. The molecule has 2 aromatic heterocycles. The summed E-state index contributed by atoms with van der Waals surface area (Å²) in [5.74, 6) is -0.436. The zero-order valence-corrected chi connectivity index (χ0v) is 20.3. The lowest BCUT2D eigenvalue weighted by Gasteiger charge is -2.26. The molecule has 5 rings (SSSR count). The van der Waals surface area contributed by atoms with Crippen LogP contribution in [0, 0.1) is 0 Å². The van der Waals surface area contributed by atoms with Gasteiger partial charge in [0.2, 0.25) is 5.82 Å². The lowest BCUT2D eigenvalue weighted by molar-refractivity contribution is -0.140. The van der Waals surface area contributed by atoms with Gasteiger partial charge in [0, 0.05) is 23.2 Å². The molecule has 0 amide bonds. The summed E-state index contributed by atoms with van der Waals surface area (Å²) in [4.78, 5) is 25.5. The summed E-state index contributed by atoms with van der Waals surface area (Å²) in [7, 11) is 0. The maximum absolute atomic E-state index is 13.5. The molecule has 0 fully saturated rings. The summed E-state index contributed by atoms with van der Waals surface area (Å²) in [5.41, 5.74) is 5.22. The average molecular weight is 485 g/mol. The summed E-state index contributed by atoms with van der Waals surface area (Å²) in [5, 5.41) is 24.2. The number of aromatic nitrogens is 6. The first-order valence-corrected chi connectivity index (χ1v) is 12.2. The van der Waals surface area contributed by atoms with Gasteiger partial charge < -0.3 is 5.11 Å². The van der Waals surface area contributed by atoms with E-state index in [1.54, 1.807) is 21.5 Å². The number of nitrogens with zero attached hydrogens (tertiary/aromatic N) is 5. The Balaban J connectivity index is 1.52. The van der Waals surface area contributed by atoms with Gasteiger partial charge in [-0.05, 0) is 41.7 Å². The van der Waals surface area contributed by atoms with Gasteiger partial charge in [-0.15, -0.1) is 10.2 Å². The third-order valence-corrected chi connectivity index (χ3v) is 6.72. The second-order valence-electron chi connectivity index (χ2n) is 9.09. The van der Waals surface area contributed by atoms with Crippen LogP contribution in [0.5, 0.6) is 0 Å². The van der Waals surface area contributed by atoms with E-state index < -0.39 is 12.0 Å². The summed E-state index contributed by atoms with van der Waals surface area (Å²) >= 11 is 0. The van der Waals surface area contributed by atoms with Gasteiger partial charge in [0.1, 0.15) is 0 Å². The van der Waals surface area contributed by atoms with Crippen LogP contribution in [0.4, 0.5) is 0 Å². The summed E-state index contributed by atoms with van der Waals surface area (Å²) in [6.07, 6.45) is 6.42. The first-order chi connectivity index (χ1) is 17.5. The number of carboxylic acids is 1. The molecule has 0 radical (unpaired) electrons. The van der Waals surface area contributed by atoms with Crippen molar-refractivity contribution in [2.24, 2.45) is 0 Å². The Hall–Kier alpha value is -4.27. The fraction of sp³-hybridized carbons (Fsp3) is 0.296. The zero-order chi connectivity index (χ0) is 25.2. The Morgan fingerprint density at radius 1 is 1.06 bits per heavy atom. The summed E-state index contributed by atoms with van der Waals surface area (Å²) < 4.78 is 3.31. The first kappa shape index (κ1) is 23.5. The number of H-pyrrole nitrogens is 1. The molecule has 4 aromatic rings. The van der Waals surface area contributed by atoms with Gasteiger partial charge in [0.15, 0.2) is 6.04 Å². The fourth-order valence-electron chi connectivity index (χ4n) is 4.93. The monoisotopic (exact) mass is 484 g/mol. The largest absolute Gasteiger partial charge is 0.479 e. The number of benzene rings is 2. The van der Waals surface area contributed by atoms with Crippen molar-refractivity contribution in [2.45, 2.75) is 51.6 Å². The third-order valence-electron chi connectivity index (χ3n) is 6.72. The minimum atomic E-state index is -0.962. The Kier molecular flexibility index (Phi) is 6.37. The van der Waals surface area contributed by atoms with E-state index in [-0.39, 0.29) is 11.6 Å². The van der Waals surface area contributed by atoms with Crippen LogP contribution >= 0.6 is 0 Å². The normalized spacial score (nSPS) is 16.7. The molecule has 9 heteroatoms. The number of rotatable bonds is 8. The molecule has 2 aromatic carbocycles. The van der Waals surface area contributed by atoms with Crippen LogP contribution in [-0.4, -0.2) is 41.1 Å². The molecule has 1 aliphatic heterocycles. The lowest BCUT2D eigenvalue weighted by atomic mass is 9.96. The van der Waals surface area contributed by atoms with E-state index in [1.165, 1.54) is 0 Å². The number of fused-ring (bicyclic) bond motifs is 1. The predicted octanol–water partition coefficient (Wildman–Crippen LogP) is 4.19. The van der Waals surface area contributed by atoms with Gasteiger partial charge in [-0.2, -0.15) is 5.21 Å². The van der Waals surface area contributed by atoms with Gasteiger partial charge in [0.05, 0.1) is 6.04 Å². The van der Waals surface area contributed by atoms with Crippen LogP contribution < -0.4 is 5.56 Å². The van der Waals surface area contributed by atoms with Crippen LogP contribution in [-0.2, 0) is 17.6 Å². The van der Waals surface area contributed by atoms with E-state index >= 15 is 0 Å². The number of unbranched alkanes of at least 4 members (excludes halogenated alkanes) is 1. The second kappa shape index (κ2) is 9.77. The Bertz CT molecular complexity index is 1460. The molecule has 0 spiro atoms. The minimum absolute atomic E-state index is 0.115. The topological polar surface area (TPSA) is 119 Å². The maximum atomic E-state index is 13.5. The molecular weight excluding hydrogens is 456 g/mol. The number of carboxylic acid groups (broad SMARTS) is 1. The Labute approximate surface area is 208 Å². The zero-order valence-electron chi connectivity index (χ0n) is 20.3. The van der Waals surface area contributed by atoms with Crippen molar-refractivity contribution in [1.82, 2.24) is 30.0 Å². The number of allylic oxidation sites excluding steroid dienone is 1. The quantitative estimate of drug-likeness (QED) is 0.362. The van der Waals surface area contributed by atoms with Gasteiger partial charge in [-0.1, -0.05) is 74.0 Å². The van der Waals surface area contributed by atoms with Gasteiger partial charge in [-0.25, -0.2) is 9.48 Å². The van der Waals surface area contributed by atoms with Crippen molar-refractivity contribution < 1.29 is 9.90 Å². The molecule has 36 heavy (non-hydrogen) atoms. The first-order valence-electron chi connectivity index (χ1n) is 12.2. The molecule has 0 aliphatic carbocycles. The van der Waals surface area contributed by atoms with Gasteiger partial charge >= 0.3 is 5.97 Å². The molecule has 2 N–H and O–H groups in total. The van der Waals surface area contributed by atoms with Crippen molar-refractivity contribution in [2.75, 3.05) is 0 Å². The van der Waals surface area contributed by atoms with E-state index in [2.05, 4.69) is 27.5 Å². The molecular formula is C27H28N6O3. The van der Waals surface area contributed by atoms with Crippen LogP contribution in [0.15, 0.2) is 65.5 Å². The number of hydrogen-bond acceptors (Lipinski definition) is 5. The molecule has 0 bridgehead atoms. The fourth-order valence-corrected chi connectivity index (χ4v) is 4.93. The van der Waals surface area contributed by atoms with Crippen molar-refractivity contribution >= 4 is 5.97 Å². The molecule has 0 saturated heterocycles. The van der Waals surface area contributed by atoms with Crippen LogP contribution in [0.2, 0.25) is 0 Å². The highest BCUT2D eigenvalue weighted by Gasteiger charge is 2.31. The SMILES string of the molecule is CCCCc1c(Cc2ccc(-c3ccccc3-c3nn[nH]n3)cc2)c(=O)n2n1C(C(=O)O)C=CC2C.